The molecule has 0 spiro atoms. The van der Waals surface area contributed by atoms with E-state index in [0.29, 0.717) is 16.9 Å². The van der Waals surface area contributed by atoms with Crippen molar-refractivity contribution >= 4 is 33.1 Å². The Morgan fingerprint density at radius 2 is 2.10 bits per heavy atom. The van der Waals surface area contributed by atoms with E-state index in [1.807, 2.05) is 23.1 Å². The molecule has 2 bridgehead atoms. The Morgan fingerprint density at radius 3 is 2.93 bits per heavy atom. The summed E-state index contributed by atoms with van der Waals surface area (Å²) >= 11 is 1.51. The molecule has 2 aliphatic rings. The highest BCUT2D eigenvalue weighted by Crippen LogP contribution is 2.47. The Labute approximate surface area is 174 Å². The van der Waals surface area contributed by atoms with Crippen LogP contribution in [0.3, 0.4) is 0 Å². The lowest BCUT2D eigenvalue weighted by Crippen LogP contribution is -2.63. The Balaban J connectivity index is 1.37. The number of halogens is 2. The van der Waals surface area contributed by atoms with Gasteiger partial charge in [-0.2, -0.15) is 5.10 Å². The molecular weight excluding hydrogens is 408 g/mol. The molecule has 0 aliphatic carbocycles. The molecule has 152 valence electrons. The van der Waals surface area contributed by atoms with Crippen molar-refractivity contribution in [3.8, 4) is 0 Å². The van der Waals surface area contributed by atoms with Crippen LogP contribution in [0, 0.1) is 0 Å². The second kappa shape index (κ2) is 6.53. The number of fused-ring (bicyclic) bond motifs is 4. The van der Waals surface area contributed by atoms with Gasteiger partial charge in [-0.1, -0.05) is 0 Å². The van der Waals surface area contributed by atoms with E-state index in [-0.39, 0.29) is 29.6 Å². The molecule has 6 rings (SSSR count). The standard InChI is InChI=1S/C21H17F2N5OS/c22-20(23)15-9-17(28-19(26-15)5-6-25-28)13-3-2-12-8-16(13)27(12)21(29)11-1-4-14-18(7-11)30-10-24-14/h1,4-7,9-10,12-13,16,20H,2-3,8H2/t12-,13-,16-/m0/s1. The van der Waals surface area contributed by atoms with Gasteiger partial charge in [0.1, 0.15) is 5.69 Å². The number of aromatic nitrogens is 4. The summed E-state index contributed by atoms with van der Waals surface area (Å²) in [5, 5.41) is 4.30. The van der Waals surface area contributed by atoms with E-state index in [1.54, 1.807) is 22.3 Å². The number of hydrogen-bond acceptors (Lipinski definition) is 5. The van der Waals surface area contributed by atoms with E-state index in [2.05, 4.69) is 15.1 Å². The maximum Gasteiger partial charge on any atom is 0.280 e. The minimum Gasteiger partial charge on any atom is -0.332 e. The number of carbonyl (C=O) groups excluding carboxylic acids is 1. The van der Waals surface area contributed by atoms with Gasteiger partial charge >= 0.3 is 0 Å². The Bertz CT molecular complexity index is 1280. The van der Waals surface area contributed by atoms with Gasteiger partial charge in [-0.25, -0.2) is 23.3 Å². The summed E-state index contributed by atoms with van der Waals surface area (Å²) in [5.74, 6) is -0.0508. The van der Waals surface area contributed by atoms with Crippen LogP contribution in [0.25, 0.3) is 15.9 Å². The number of amides is 1. The molecule has 2 saturated heterocycles. The molecule has 4 aromatic rings. The third-order valence-corrected chi connectivity index (χ3v) is 7.15. The summed E-state index contributed by atoms with van der Waals surface area (Å²) in [6.45, 7) is 0. The fourth-order valence-corrected chi connectivity index (χ4v) is 5.67. The van der Waals surface area contributed by atoms with Crippen molar-refractivity contribution < 1.29 is 13.6 Å². The first-order valence-electron chi connectivity index (χ1n) is 9.89. The number of hydrogen-bond donors (Lipinski definition) is 0. The molecule has 1 amide bonds. The van der Waals surface area contributed by atoms with Gasteiger partial charge in [0.2, 0.25) is 0 Å². The molecule has 9 heteroatoms. The molecule has 0 radical (unpaired) electrons. The Hall–Kier alpha value is -2.94. The Morgan fingerprint density at radius 1 is 1.20 bits per heavy atom. The molecule has 0 unspecified atom stereocenters. The first-order chi connectivity index (χ1) is 14.6. The van der Waals surface area contributed by atoms with E-state index >= 15 is 0 Å². The summed E-state index contributed by atoms with van der Waals surface area (Å²) in [6.07, 6.45) is 1.50. The first-order valence-corrected chi connectivity index (χ1v) is 10.8. The van der Waals surface area contributed by atoms with Crippen LogP contribution < -0.4 is 0 Å². The molecule has 2 fully saturated rings. The summed E-state index contributed by atoms with van der Waals surface area (Å²) in [7, 11) is 0. The Kier molecular flexibility index (Phi) is 3.89. The van der Waals surface area contributed by atoms with Crippen LogP contribution in [0.15, 0.2) is 42.0 Å². The molecule has 3 aromatic heterocycles. The number of benzene rings is 1. The van der Waals surface area contributed by atoms with Crippen LogP contribution in [0.4, 0.5) is 8.78 Å². The predicted molar refractivity (Wildman–Crippen MR) is 108 cm³/mol. The lowest BCUT2D eigenvalue weighted by Gasteiger charge is -2.56. The zero-order valence-corrected chi connectivity index (χ0v) is 16.6. The molecule has 6 nitrogen and oxygen atoms in total. The number of carbonyl (C=O) groups is 1. The summed E-state index contributed by atoms with van der Waals surface area (Å²) in [4.78, 5) is 23.6. The monoisotopic (exact) mass is 425 g/mol. The maximum absolute atomic E-state index is 13.4. The van der Waals surface area contributed by atoms with E-state index < -0.39 is 6.43 Å². The van der Waals surface area contributed by atoms with Gasteiger partial charge in [0.05, 0.1) is 27.6 Å². The van der Waals surface area contributed by atoms with Gasteiger partial charge in [-0.15, -0.1) is 11.3 Å². The lowest BCUT2D eigenvalue weighted by molar-refractivity contribution is -0.0243. The second-order valence-corrected chi connectivity index (χ2v) is 8.78. The highest BCUT2D eigenvalue weighted by atomic mass is 32.1. The van der Waals surface area contributed by atoms with Crippen LogP contribution in [0.1, 0.15) is 53.4 Å². The van der Waals surface area contributed by atoms with Crippen molar-refractivity contribution in [3.05, 3.63) is 59.0 Å². The van der Waals surface area contributed by atoms with Gasteiger partial charge in [0.15, 0.2) is 5.65 Å². The molecule has 5 heterocycles. The number of rotatable bonds is 3. The van der Waals surface area contributed by atoms with Gasteiger partial charge in [0.25, 0.3) is 12.3 Å². The molecule has 0 saturated carbocycles. The van der Waals surface area contributed by atoms with Crippen LogP contribution >= 0.6 is 11.3 Å². The number of thiazole rings is 1. The normalized spacial score (nSPS) is 23.3. The van der Waals surface area contributed by atoms with Gasteiger partial charge in [-0.3, -0.25) is 4.79 Å². The van der Waals surface area contributed by atoms with E-state index in [0.717, 1.165) is 29.5 Å². The molecule has 3 atom stereocenters. The highest BCUT2D eigenvalue weighted by Gasteiger charge is 2.50. The van der Waals surface area contributed by atoms with Gasteiger partial charge in [0, 0.05) is 29.6 Å². The zero-order chi connectivity index (χ0) is 20.4. The minimum absolute atomic E-state index is 0.00361. The predicted octanol–water partition coefficient (Wildman–Crippen LogP) is 4.44. The van der Waals surface area contributed by atoms with Crippen molar-refractivity contribution in [2.45, 2.75) is 43.7 Å². The number of piperidine rings is 1. The molecule has 2 aliphatic heterocycles. The van der Waals surface area contributed by atoms with Crippen LogP contribution in [-0.2, 0) is 0 Å². The fourth-order valence-electron chi connectivity index (χ4n) is 4.95. The minimum atomic E-state index is -2.65. The van der Waals surface area contributed by atoms with Crippen LogP contribution in [-0.4, -0.2) is 42.5 Å². The zero-order valence-electron chi connectivity index (χ0n) is 15.8. The molecule has 1 aromatic carbocycles. The van der Waals surface area contributed by atoms with Gasteiger partial charge in [-0.05, 0) is 43.5 Å². The second-order valence-electron chi connectivity index (χ2n) is 7.90. The van der Waals surface area contributed by atoms with E-state index in [1.165, 1.54) is 17.4 Å². The third-order valence-electron chi connectivity index (χ3n) is 6.36. The quantitative estimate of drug-likeness (QED) is 0.487. The van der Waals surface area contributed by atoms with Crippen molar-refractivity contribution in [2.75, 3.05) is 0 Å². The molecular formula is C21H17F2N5OS. The number of nitrogens with zero attached hydrogens (tertiary/aromatic N) is 5. The maximum atomic E-state index is 13.4. The number of alkyl halides is 2. The fraction of sp³-hybridized carbons (Fsp3) is 0.333. The van der Waals surface area contributed by atoms with Crippen molar-refractivity contribution in [1.29, 1.82) is 0 Å². The summed E-state index contributed by atoms with van der Waals surface area (Å²) < 4.78 is 29.5. The smallest absolute Gasteiger partial charge is 0.280 e. The third kappa shape index (κ3) is 2.57. The topological polar surface area (TPSA) is 63.4 Å². The highest BCUT2D eigenvalue weighted by molar-refractivity contribution is 7.16. The van der Waals surface area contributed by atoms with E-state index in [4.69, 9.17) is 0 Å². The van der Waals surface area contributed by atoms with Crippen LogP contribution in [0.5, 0.6) is 0 Å². The largest absolute Gasteiger partial charge is 0.332 e. The van der Waals surface area contributed by atoms with Crippen molar-refractivity contribution in [2.24, 2.45) is 0 Å². The van der Waals surface area contributed by atoms with Crippen molar-refractivity contribution in [1.82, 2.24) is 24.5 Å². The lowest BCUT2D eigenvalue weighted by atomic mass is 9.70. The van der Waals surface area contributed by atoms with Crippen LogP contribution in [0.2, 0.25) is 0 Å². The SMILES string of the molecule is O=C(c1ccc2ncsc2c1)N1[C@H]2CC[C@H](c3cc(C(F)F)nc4ccnn34)[C@@H]1C2. The summed E-state index contributed by atoms with van der Waals surface area (Å²) in [6, 6.07) is 8.87. The van der Waals surface area contributed by atoms with E-state index in [9.17, 15) is 13.6 Å². The average Bonchev–Trinajstić information content (AvgIpc) is 3.41. The first kappa shape index (κ1) is 17.9. The van der Waals surface area contributed by atoms with Crippen molar-refractivity contribution in [3.63, 3.8) is 0 Å². The molecule has 30 heavy (non-hydrogen) atoms. The average molecular weight is 425 g/mol. The molecule has 0 N–H and O–H groups in total. The van der Waals surface area contributed by atoms with Gasteiger partial charge < -0.3 is 4.90 Å². The summed E-state index contributed by atoms with van der Waals surface area (Å²) in [5.41, 5.74) is 4.18.